The Balaban J connectivity index is 1.99. The average molecular weight is 310 g/mol. The molecule has 5 nitrogen and oxygen atoms in total. The average Bonchev–Trinajstić information content (AvgIpc) is 2.47. The van der Waals surface area contributed by atoms with Crippen LogP contribution in [0.2, 0.25) is 0 Å². The lowest BCUT2D eigenvalue weighted by atomic mass is 10.1. The summed E-state index contributed by atoms with van der Waals surface area (Å²) in [5, 5.41) is 21.7. The third-order valence-corrected chi connectivity index (χ3v) is 5.36. The molecule has 1 aromatic rings. The van der Waals surface area contributed by atoms with Crippen molar-refractivity contribution in [2.75, 3.05) is 25.4 Å². The van der Waals surface area contributed by atoms with Gasteiger partial charge in [-0.05, 0) is 11.5 Å². The zero-order chi connectivity index (χ0) is 15.4. The van der Waals surface area contributed by atoms with Gasteiger partial charge in [0.25, 0.3) is 5.69 Å². The van der Waals surface area contributed by atoms with Crippen LogP contribution in [0.4, 0.5) is 5.69 Å². The normalized spacial score (nSPS) is 21.4. The maximum atomic E-state index is 10.8. The number of rotatable bonds is 5. The first-order chi connectivity index (χ1) is 9.97. The van der Waals surface area contributed by atoms with E-state index in [1.54, 1.807) is 12.1 Å². The van der Waals surface area contributed by atoms with E-state index in [2.05, 4.69) is 18.7 Å². The standard InChI is InChI=1S/C15H22N2O3S/c1-11(2)15-10-16(6-7-21-15)9-14(18)12-4-3-5-13(8-12)17(19)20/h3-5,8,11,14-15,18H,6-7,9-10H2,1-2H3. The SMILES string of the molecule is CC(C)C1CN(CC(O)c2cccc([N+](=O)[O-])c2)CCS1. The van der Waals surface area contributed by atoms with Crippen LogP contribution in [0.5, 0.6) is 0 Å². The number of aliphatic hydroxyl groups is 1. The second kappa shape index (κ2) is 7.24. The summed E-state index contributed by atoms with van der Waals surface area (Å²) in [5.74, 6) is 1.69. The Morgan fingerprint density at radius 1 is 1.52 bits per heavy atom. The molecule has 1 saturated heterocycles. The summed E-state index contributed by atoms with van der Waals surface area (Å²) in [4.78, 5) is 12.6. The number of benzene rings is 1. The summed E-state index contributed by atoms with van der Waals surface area (Å²) in [6.45, 7) is 6.90. The number of thioether (sulfide) groups is 1. The Labute approximate surface area is 129 Å². The quantitative estimate of drug-likeness (QED) is 0.669. The van der Waals surface area contributed by atoms with E-state index < -0.39 is 11.0 Å². The van der Waals surface area contributed by atoms with E-state index in [4.69, 9.17) is 0 Å². The number of β-amino-alcohol motifs (C(OH)–C–C–N with tert-alkyl or cyclic N) is 1. The number of nitro benzene ring substituents is 1. The number of hydrogen-bond donors (Lipinski definition) is 1. The second-order valence-corrected chi connectivity index (χ2v) is 7.13. The van der Waals surface area contributed by atoms with Gasteiger partial charge in [-0.2, -0.15) is 11.8 Å². The summed E-state index contributed by atoms with van der Waals surface area (Å²) >= 11 is 1.99. The summed E-state index contributed by atoms with van der Waals surface area (Å²) in [7, 11) is 0. The molecule has 1 aliphatic rings. The van der Waals surface area contributed by atoms with Gasteiger partial charge in [0.1, 0.15) is 0 Å². The van der Waals surface area contributed by atoms with Crippen molar-refractivity contribution in [1.82, 2.24) is 4.90 Å². The van der Waals surface area contributed by atoms with Gasteiger partial charge >= 0.3 is 0 Å². The van der Waals surface area contributed by atoms with E-state index in [1.165, 1.54) is 12.1 Å². The van der Waals surface area contributed by atoms with E-state index in [9.17, 15) is 15.2 Å². The smallest absolute Gasteiger partial charge is 0.269 e. The summed E-state index contributed by atoms with van der Waals surface area (Å²) in [6.07, 6.45) is -0.680. The predicted octanol–water partition coefficient (Wildman–Crippen LogP) is 2.70. The van der Waals surface area contributed by atoms with Crippen molar-refractivity contribution in [3.8, 4) is 0 Å². The molecule has 2 unspecified atom stereocenters. The number of nitrogens with zero attached hydrogens (tertiary/aromatic N) is 2. The van der Waals surface area contributed by atoms with Crippen LogP contribution in [-0.4, -0.2) is 45.6 Å². The van der Waals surface area contributed by atoms with Gasteiger partial charge in [0.05, 0.1) is 11.0 Å². The lowest BCUT2D eigenvalue weighted by Crippen LogP contribution is -2.41. The van der Waals surface area contributed by atoms with Crippen molar-refractivity contribution in [2.24, 2.45) is 5.92 Å². The van der Waals surface area contributed by atoms with Gasteiger partial charge in [0, 0.05) is 42.8 Å². The molecule has 1 aromatic carbocycles. The first-order valence-corrected chi connectivity index (χ1v) is 8.28. The van der Waals surface area contributed by atoms with E-state index in [0.717, 1.165) is 18.8 Å². The maximum absolute atomic E-state index is 10.8. The van der Waals surface area contributed by atoms with Gasteiger partial charge in [0.2, 0.25) is 0 Å². The van der Waals surface area contributed by atoms with Crippen molar-refractivity contribution in [3.05, 3.63) is 39.9 Å². The molecule has 1 aliphatic heterocycles. The molecule has 2 rings (SSSR count). The fourth-order valence-corrected chi connectivity index (χ4v) is 3.86. The highest BCUT2D eigenvalue weighted by atomic mass is 32.2. The first kappa shape index (κ1) is 16.3. The Bertz CT molecular complexity index is 496. The van der Waals surface area contributed by atoms with Crippen LogP contribution in [0.3, 0.4) is 0 Å². The molecule has 0 spiro atoms. The van der Waals surface area contributed by atoms with Gasteiger partial charge in [-0.25, -0.2) is 0 Å². The highest BCUT2D eigenvalue weighted by Crippen LogP contribution is 2.27. The first-order valence-electron chi connectivity index (χ1n) is 7.23. The molecule has 0 aromatic heterocycles. The molecule has 1 fully saturated rings. The van der Waals surface area contributed by atoms with Gasteiger partial charge in [-0.3, -0.25) is 15.0 Å². The summed E-state index contributed by atoms with van der Waals surface area (Å²) < 4.78 is 0. The van der Waals surface area contributed by atoms with Crippen LogP contribution in [0.25, 0.3) is 0 Å². The largest absolute Gasteiger partial charge is 0.387 e. The molecule has 1 heterocycles. The number of hydrogen-bond acceptors (Lipinski definition) is 5. The molecule has 6 heteroatoms. The van der Waals surface area contributed by atoms with Crippen LogP contribution in [0.1, 0.15) is 25.5 Å². The van der Waals surface area contributed by atoms with Crippen LogP contribution < -0.4 is 0 Å². The molecular formula is C15H22N2O3S. The van der Waals surface area contributed by atoms with E-state index in [1.807, 2.05) is 11.8 Å². The molecule has 2 atom stereocenters. The van der Waals surface area contributed by atoms with Gasteiger partial charge < -0.3 is 5.11 Å². The topological polar surface area (TPSA) is 66.6 Å². The van der Waals surface area contributed by atoms with Crippen LogP contribution >= 0.6 is 11.8 Å². The van der Waals surface area contributed by atoms with Gasteiger partial charge in [-0.1, -0.05) is 26.0 Å². The number of aliphatic hydroxyl groups excluding tert-OH is 1. The molecule has 21 heavy (non-hydrogen) atoms. The van der Waals surface area contributed by atoms with E-state index >= 15 is 0 Å². The molecule has 0 aliphatic carbocycles. The molecule has 0 saturated carbocycles. The van der Waals surface area contributed by atoms with E-state index in [0.29, 0.717) is 23.3 Å². The minimum absolute atomic E-state index is 0.0285. The molecule has 0 bridgehead atoms. The fourth-order valence-electron chi connectivity index (χ4n) is 2.50. The lowest BCUT2D eigenvalue weighted by Gasteiger charge is -2.35. The molecule has 0 amide bonds. The number of nitro groups is 1. The fraction of sp³-hybridized carbons (Fsp3) is 0.600. The van der Waals surface area contributed by atoms with Crippen molar-refractivity contribution in [1.29, 1.82) is 0 Å². The zero-order valence-corrected chi connectivity index (χ0v) is 13.3. The second-order valence-electron chi connectivity index (χ2n) is 5.78. The van der Waals surface area contributed by atoms with Crippen molar-refractivity contribution >= 4 is 17.4 Å². The summed E-state index contributed by atoms with van der Waals surface area (Å²) in [6, 6.07) is 6.28. The van der Waals surface area contributed by atoms with Crippen LogP contribution in [-0.2, 0) is 0 Å². The highest BCUT2D eigenvalue weighted by molar-refractivity contribution is 8.00. The van der Waals surface area contributed by atoms with Gasteiger partial charge in [-0.15, -0.1) is 0 Å². The third kappa shape index (κ3) is 4.43. The van der Waals surface area contributed by atoms with Crippen molar-refractivity contribution in [2.45, 2.75) is 25.2 Å². The Kier molecular flexibility index (Phi) is 5.61. The van der Waals surface area contributed by atoms with Crippen molar-refractivity contribution < 1.29 is 10.0 Å². The minimum atomic E-state index is -0.680. The number of non-ortho nitro benzene ring substituents is 1. The Morgan fingerprint density at radius 3 is 2.95 bits per heavy atom. The predicted molar refractivity (Wildman–Crippen MR) is 85.6 cm³/mol. The van der Waals surface area contributed by atoms with Gasteiger partial charge in [0.15, 0.2) is 0 Å². The molecule has 0 radical (unpaired) electrons. The van der Waals surface area contributed by atoms with Crippen LogP contribution in [0.15, 0.2) is 24.3 Å². The molecule has 1 N–H and O–H groups in total. The third-order valence-electron chi connectivity index (χ3n) is 3.82. The van der Waals surface area contributed by atoms with Crippen LogP contribution in [0, 0.1) is 16.0 Å². The molecular weight excluding hydrogens is 288 g/mol. The molecule has 116 valence electrons. The Hall–Kier alpha value is -1.11. The zero-order valence-electron chi connectivity index (χ0n) is 12.4. The van der Waals surface area contributed by atoms with Crippen molar-refractivity contribution in [3.63, 3.8) is 0 Å². The monoisotopic (exact) mass is 310 g/mol. The summed E-state index contributed by atoms with van der Waals surface area (Å²) in [5.41, 5.74) is 0.643. The highest BCUT2D eigenvalue weighted by Gasteiger charge is 2.25. The van der Waals surface area contributed by atoms with E-state index in [-0.39, 0.29) is 5.69 Å². The Morgan fingerprint density at radius 2 is 2.29 bits per heavy atom. The lowest BCUT2D eigenvalue weighted by molar-refractivity contribution is -0.385. The minimum Gasteiger partial charge on any atom is -0.387 e. The maximum Gasteiger partial charge on any atom is 0.269 e.